The average molecular weight is 760 g/mol. The van der Waals surface area contributed by atoms with Crippen molar-refractivity contribution in [1.29, 1.82) is 0 Å². The standard InChI is InChI=1S/C39H50FNO13/c1-6-7-9-34(46)54-39(32(44)22-51-35(47)24-11-14-29(30(19-24)50-5)53-33(45)10-8-17-52-41(48)49)23(2)18-28-27-13-12-25-20-26(42)15-16-36(25,3)38(27,40)31(43)21-37(28,39)4/h11,14-16,19-20,23,27-28,31,43,48-49H,6-10,12-13,17-18,21-22H2,1-5H3/t23-,27?,28-,31-,36-,37-,38-,39-/m0/s1. The lowest BCUT2D eigenvalue weighted by molar-refractivity contribution is -0.492. The number of ketones is 2. The topological polar surface area (TPSA) is 195 Å². The number of carbonyl (C=O) groups is 5. The molecule has 0 bridgehead atoms. The number of halogens is 1. The van der Waals surface area contributed by atoms with Crippen molar-refractivity contribution in [2.75, 3.05) is 20.3 Å². The highest BCUT2D eigenvalue weighted by atomic mass is 19.1. The van der Waals surface area contributed by atoms with E-state index in [4.69, 9.17) is 29.4 Å². The Labute approximate surface area is 313 Å². The number of nitrogens with zero attached hydrogens (tertiary/aromatic N) is 1. The normalized spacial score (nSPS) is 32.6. The Morgan fingerprint density at radius 1 is 1.04 bits per heavy atom. The van der Waals surface area contributed by atoms with Gasteiger partial charge in [-0.3, -0.25) is 34.4 Å². The number of hydrogen-bond donors (Lipinski definition) is 3. The Bertz CT molecular complexity index is 1710. The lowest BCUT2D eigenvalue weighted by atomic mass is 9.44. The SMILES string of the molecule is CCCCC(=O)O[C@]1(C(=O)COC(=O)c2ccc(OC(=O)CCCON(O)O)c(OC)c2)[C@@H](C)C[C@H]2C3CCC4=CC(=O)C=C[C@]4(C)[C@@]3(F)[C@@H](O)C[C@@]21C. The van der Waals surface area contributed by atoms with E-state index in [-0.39, 0.29) is 55.1 Å². The minimum atomic E-state index is -2.16. The van der Waals surface area contributed by atoms with Gasteiger partial charge in [0.15, 0.2) is 35.2 Å². The quantitative estimate of drug-likeness (QED) is 0.0913. The first kappa shape index (κ1) is 41.1. The van der Waals surface area contributed by atoms with Gasteiger partial charge < -0.3 is 24.1 Å². The van der Waals surface area contributed by atoms with Crippen LogP contribution in [0.15, 0.2) is 42.0 Å². The summed E-state index contributed by atoms with van der Waals surface area (Å²) < 4.78 is 40.2. The van der Waals surface area contributed by atoms with Gasteiger partial charge in [0.1, 0.15) is 0 Å². The van der Waals surface area contributed by atoms with E-state index in [0.29, 0.717) is 37.7 Å². The maximum Gasteiger partial charge on any atom is 0.338 e. The molecule has 5 rings (SSSR count). The molecule has 1 unspecified atom stereocenters. The Morgan fingerprint density at radius 2 is 1.76 bits per heavy atom. The van der Waals surface area contributed by atoms with Gasteiger partial charge in [0.05, 0.1) is 30.8 Å². The number of aliphatic hydroxyl groups is 1. The number of carbonyl (C=O) groups excluding carboxylic acids is 5. The van der Waals surface area contributed by atoms with Crippen LogP contribution in [0.25, 0.3) is 0 Å². The fraction of sp³-hybridized carbons (Fsp3) is 0.615. The minimum Gasteiger partial charge on any atom is -0.493 e. The van der Waals surface area contributed by atoms with Gasteiger partial charge in [-0.05, 0) is 81.7 Å². The molecule has 0 heterocycles. The summed E-state index contributed by atoms with van der Waals surface area (Å²) in [7, 11) is 1.30. The second-order valence-electron chi connectivity index (χ2n) is 15.2. The first-order chi connectivity index (χ1) is 25.5. The number of ether oxygens (including phenoxy) is 4. The van der Waals surface area contributed by atoms with Crippen LogP contribution in [0.1, 0.15) is 95.8 Å². The monoisotopic (exact) mass is 759 g/mol. The van der Waals surface area contributed by atoms with Gasteiger partial charge in [0, 0.05) is 35.5 Å². The molecule has 0 aliphatic heterocycles. The molecule has 0 amide bonds. The first-order valence-electron chi connectivity index (χ1n) is 18.4. The van der Waals surface area contributed by atoms with Crippen LogP contribution < -0.4 is 9.47 Å². The van der Waals surface area contributed by atoms with E-state index in [1.807, 2.05) is 6.92 Å². The van der Waals surface area contributed by atoms with Crippen molar-refractivity contribution in [2.45, 2.75) is 103 Å². The third-order valence-electron chi connectivity index (χ3n) is 12.3. The number of esters is 3. The van der Waals surface area contributed by atoms with Crippen molar-refractivity contribution in [1.82, 2.24) is 5.39 Å². The minimum absolute atomic E-state index is 0.00651. The second kappa shape index (κ2) is 16.0. The van der Waals surface area contributed by atoms with Gasteiger partial charge in [0.25, 0.3) is 0 Å². The molecule has 8 atom stereocenters. The van der Waals surface area contributed by atoms with E-state index in [9.17, 15) is 29.1 Å². The van der Waals surface area contributed by atoms with E-state index in [1.54, 1.807) is 26.8 Å². The lowest BCUT2D eigenvalue weighted by Crippen LogP contribution is -2.70. The molecule has 1 aromatic carbocycles. The van der Waals surface area contributed by atoms with E-state index in [2.05, 4.69) is 4.84 Å². The zero-order valence-electron chi connectivity index (χ0n) is 31.3. The summed E-state index contributed by atoms with van der Waals surface area (Å²) in [6.45, 7) is 6.18. The number of aliphatic hydroxyl groups excluding tert-OH is 1. The van der Waals surface area contributed by atoms with Crippen molar-refractivity contribution in [3.63, 3.8) is 0 Å². The van der Waals surface area contributed by atoms with E-state index >= 15 is 4.39 Å². The van der Waals surface area contributed by atoms with Gasteiger partial charge in [-0.2, -0.15) is 0 Å². The number of Topliss-reactive ketones (excluding diaryl/α,β-unsaturated/α-hetero) is 1. The van der Waals surface area contributed by atoms with Crippen LogP contribution in [0.2, 0.25) is 0 Å². The van der Waals surface area contributed by atoms with E-state index < -0.39 is 81.6 Å². The van der Waals surface area contributed by atoms with E-state index in [0.717, 1.165) is 0 Å². The number of methoxy groups -OCH3 is 1. The summed E-state index contributed by atoms with van der Waals surface area (Å²) in [5.74, 6) is -4.99. The van der Waals surface area contributed by atoms with Gasteiger partial charge >= 0.3 is 17.9 Å². The molecule has 1 aromatic rings. The van der Waals surface area contributed by atoms with Gasteiger partial charge in [-0.25, -0.2) is 9.18 Å². The van der Waals surface area contributed by atoms with Crippen LogP contribution in [-0.2, 0) is 33.5 Å². The lowest BCUT2D eigenvalue weighted by Gasteiger charge is -2.62. The molecule has 4 aliphatic rings. The zero-order chi connectivity index (χ0) is 39.6. The van der Waals surface area contributed by atoms with Crippen molar-refractivity contribution in [2.24, 2.45) is 28.6 Å². The number of benzene rings is 1. The smallest absolute Gasteiger partial charge is 0.338 e. The van der Waals surface area contributed by atoms with Crippen molar-refractivity contribution in [3.05, 3.63) is 47.6 Å². The number of alkyl halides is 1. The molecule has 4 aliphatic carbocycles. The van der Waals surface area contributed by atoms with Crippen LogP contribution in [0.4, 0.5) is 4.39 Å². The van der Waals surface area contributed by atoms with Crippen LogP contribution >= 0.6 is 0 Å². The van der Waals surface area contributed by atoms with Crippen molar-refractivity contribution < 1.29 is 67.7 Å². The largest absolute Gasteiger partial charge is 0.493 e. The summed E-state index contributed by atoms with van der Waals surface area (Å²) >= 11 is 0. The molecule has 3 fully saturated rings. The van der Waals surface area contributed by atoms with Crippen LogP contribution in [0.5, 0.6) is 11.5 Å². The maximum atomic E-state index is 17.8. The molecular formula is C39H50FNO13. The summed E-state index contributed by atoms with van der Waals surface area (Å²) in [5, 5.41) is 28.6. The number of hydrogen-bond acceptors (Lipinski definition) is 14. The van der Waals surface area contributed by atoms with Crippen LogP contribution in [0, 0.1) is 28.6 Å². The molecule has 0 radical (unpaired) electrons. The molecule has 0 aromatic heterocycles. The Balaban J connectivity index is 1.38. The predicted octanol–water partition coefficient (Wildman–Crippen LogP) is 5.21. The Kier molecular flexibility index (Phi) is 12.2. The van der Waals surface area contributed by atoms with Crippen LogP contribution in [-0.4, -0.2) is 88.1 Å². The third kappa shape index (κ3) is 7.12. The number of fused-ring (bicyclic) bond motifs is 5. The highest BCUT2D eigenvalue weighted by Crippen LogP contribution is 2.71. The second-order valence-corrected chi connectivity index (χ2v) is 15.2. The number of allylic oxidation sites excluding steroid dienone is 4. The Morgan fingerprint density at radius 3 is 2.44 bits per heavy atom. The summed E-state index contributed by atoms with van der Waals surface area (Å²) in [6.07, 6.45) is 4.82. The summed E-state index contributed by atoms with van der Waals surface area (Å²) in [4.78, 5) is 70.3. The molecule has 3 N–H and O–H groups in total. The Hall–Kier alpha value is -4.02. The third-order valence-corrected chi connectivity index (χ3v) is 12.3. The summed E-state index contributed by atoms with van der Waals surface area (Å²) in [6, 6.07) is 3.89. The predicted molar refractivity (Wildman–Crippen MR) is 186 cm³/mol. The molecule has 0 spiro atoms. The molecule has 3 saturated carbocycles. The highest BCUT2D eigenvalue weighted by Gasteiger charge is 2.77. The van der Waals surface area contributed by atoms with Crippen molar-refractivity contribution in [3.8, 4) is 11.5 Å². The molecular weight excluding hydrogens is 709 g/mol. The zero-order valence-corrected chi connectivity index (χ0v) is 31.3. The average Bonchev–Trinajstić information content (AvgIpc) is 3.34. The number of rotatable bonds is 15. The highest BCUT2D eigenvalue weighted by molar-refractivity contribution is 6.01. The molecule has 54 heavy (non-hydrogen) atoms. The van der Waals surface area contributed by atoms with Gasteiger partial charge in [-0.1, -0.05) is 38.8 Å². The molecule has 296 valence electrons. The fourth-order valence-electron chi connectivity index (χ4n) is 9.69. The van der Waals surface area contributed by atoms with Crippen LogP contribution in [0.3, 0.4) is 0 Å². The first-order valence-corrected chi connectivity index (χ1v) is 18.4. The molecule has 15 heteroatoms. The van der Waals surface area contributed by atoms with Gasteiger partial charge in [-0.15, -0.1) is 0 Å². The van der Waals surface area contributed by atoms with Crippen molar-refractivity contribution >= 4 is 29.5 Å². The maximum absolute atomic E-state index is 17.8. The number of unbranched alkanes of at least 4 members (excludes halogenated alkanes) is 1. The molecule has 14 nitrogen and oxygen atoms in total. The summed E-state index contributed by atoms with van der Waals surface area (Å²) in [5.41, 5.74) is -5.91. The van der Waals surface area contributed by atoms with Gasteiger partial charge in [0.2, 0.25) is 5.78 Å². The molecule has 0 saturated heterocycles. The fourth-order valence-corrected chi connectivity index (χ4v) is 9.69. The van der Waals surface area contributed by atoms with E-state index in [1.165, 1.54) is 37.5 Å².